The molecular weight excluding hydrogens is 231 g/mol. The number of amides is 1. The second-order valence-electron chi connectivity index (χ2n) is 5.08. The maximum atomic E-state index is 13.2. The van der Waals surface area contributed by atoms with E-state index >= 15 is 0 Å². The van der Waals surface area contributed by atoms with Gasteiger partial charge in [-0.3, -0.25) is 4.79 Å². The molecule has 1 aromatic carbocycles. The van der Waals surface area contributed by atoms with Gasteiger partial charge in [0.1, 0.15) is 5.82 Å². The Hall–Kier alpha value is -1.58. The van der Waals surface area contributed by atoms with E-state index in [1.807, 2.05) is 6.92 Å². The Labute approximate surface area is 107 Å². The summed E-state index contributed by atoms with van der Waals surface area (Å²) in [5.41, 5.74) is 6.09. The summed E-state index contributed by atoms with van der Waals surface area (Å²) in [6.45, 7) is 2.01. The summed E-state index contributed by atoms with van der Waals surface area (Å²) in [6.07, 6.45) is 4.79. The molecule has 0 saturated heterocycles. The third-order valence-corrected chi connectivity index (χ3v) is 3.65. The number of hydrogen-bond acceptors (Lipinski definition) is 2. The van der Waals surface area contributed by atoms with Gasteiger partial charge in [-0.2, -0.15) is 0 Å². The lowest BCUT2D eigenvalue weighted by Crippen LogP contribution is -2.37. The fraction of sp³-hybridized carbons (Fsp3) is 0.500. The van der Waals surface area contributed by atoms with Gasteiger partial charge in [-0.15, -0.1) is 0 Å². The van der Waals surface area contributed by atoms with Crippen LogP contribution in [0.1, 0.15) is 43.0 Å². The monoisotopic (exact) mass is 250 g/mol. The Morgan fingerprint density at radius 1 is 1.39 bits per heavy atom. The highest BCUT2D eigenvalue weighted by Gasteiger charge is 2.23. The first kappa shape index (κ1) is 12.9. The molecule has 0 spiro atoms. The number of carbonyl (C=O) groups is 1. The number of benzene rings is 1. The van der Waals surface area contributed by atoms with E-state index in [-0.39, 0.29) is 23.2 Å². The molecule has 0 bridgehead atoms. The highest BCUT2D eigenvalue weighted by Crippen LogP contribution is 2.27. The third kappa shape index (κ3) is 3.00. The van der Waals surface area contributed by atoms with E-state index < -0.39 is 5.82 Å². The van der Waals surface area contributed by atoms with E-state index in [4.69, 9.17) is 5.73 Å². The average molecular weight is 250 g/mol. The van der Waals surface area contributed by atoms with Crippen LogP contribution in [0, 0.1) is 11.7 Å². The Balaban J connectivity index is 2.02. The Morgan fingerprint density at radius 3 is 2.67 bits per heavy atom. The van der Waals surface area contributed by atoms with Crippen molar-refractivity contribution >= 4 is 11.6 Å². The lowest BCUT2D eigenvalue weighted by molar-refractivity contribution is 0.0927. The predicted octanol–water partition coefficient (Wildman–Crippen LogP) is 2.72. The molecule has 0 aromatic heterocycles. The van der Waals surface area contributed by atoms with E-state index in [0.717, 1.165) is 12.8 Å². The van der Waals surface area contributed by atoms with Crippen LogP contribution in [0.4, 0.5) is 10.1 Å². The quantitative estimate of drug-likeness (QED) is 0.810. The summed E-state index contributed by atoms with van der Waals surface area (Å²) < 4.78 is 13.2. The third-order valence-electron chi connectivity index (χ3n) is 3.65. The van der Waals surface area contributed by atoms with Crippen molar-refractivity contribution in [3.63, 3.8) is 0 Å². The van der Waals surface area contributed by atoms with Crippen LogP contribution in [0.3, 0.4) is 0 Å². The fourth-order valence-electron chi connectivity index (χ4n) is 2.61. The van der Waals surface area contributed by atoms with Crippen LogP contribution in [-0.4, -0.2) is 11.9 Å². The van der Waals surface area contributed by atoms with Gasteiger partial charge < -0.3 is 11.1 Å². The number of nitrogen functional groups attached to an aromatic ring is 1. The number of halogens is 1. The minimum Gasteiger partial charge on any atom is -0.399 e. The smallest absolute Gasteiger partial charge is 0.251 e. The minimum atomic E-state index is -0.478. The molecule has 0 heterocycles. The Bertz CT molecular complexity index is 421. The number of nitrogens with two attached hydrogens (primary N) is 1. The molecule has 1 aliphatic rings. The second-order valence-corrected chi connectivity index (χ2v) is 5.08. The van der Waals surface area contributed by atoms with Gasteiger partial charge in [-0.05, 0) is 43.9 Å². The van der Waals surface area contributed by atoms with E-state index in [1.54, 1.807) is 0 Å². The first-order chi connectivity index (χ1) is 8.56. The molecule has 1 saturated carbocycles. The number of nitrogens with one attached hydrogen (secondary N) is 1. The molecule has 1 unspecified atom stereocenters. The standard InChI is InChI=1S/C14H19FN2O/c1-9(10-4-2-3-5-10)17-14(18)11-6-12(15)8-13(16)7-11/h6-10H,2-5,16H2,1H3,(H,17,18). The topological polar surface area (TPSA) is 55.1 Å². The summed E-state index contributed by atoms with van der Waals surface area (Å²) in [7, 11) is 0. The SMILES string of the molecule is CC(NC(=O)c1cc(N)cc(F)c1)C1CCCC1. The molecule has 0 radical (unpaired) electrons. The summed E-state index contributed by atoms with van der Waals surface area (Å²) in [5, 5.41) is 2.93. The minimum absolute atomic E-state index is 0.129. The average Bonchev–Trinajstić information content (AvgIpc) is 2.80. The van der Waals surface area contributed by atoms with Gasteiger partial charge in [0.15, 0.2) is 0 Å². The molecule has 4 heteroatoms. The Kier molecular flexibility index (Phi) is 3.84. The number of anilines is 1. The first-order valence-electron chi connectivity index (χ1n) is 6.43. The molecule has 1 aromatic rings. The van der Waals surface area contributed by atoms with Crippen molar-refractivity contribution in [3.8, 4) is 0 Å². The molecule has 3 nitrogen and oxygen atoms in total. The van der Waals surface area contributed by atoms with Gasteiger partial charge in [0.2, 0.25) is 0 Å². The zero-order chi connectivity index (χ0) is 13.1. The van der Waals surface area contributed by atoms with Crippen molar-refractivity contribution in [3.05, 3.63) is 29.6 Å². The molecule has 2 rings (SSSR count). The summed E-state index contributed by atoms with van der Waals surface area (Å²) in [4.78, 5) is 12.0. The second kappa shape index (κ2) is 5.38. The molecule has 0 aliphatic heterocycles. The van der Waals surface area contributed by atoms with Gasteiger partial charge in [0, 0.05) is 17.3 Å². The molecule has 1 amide bonds. The van der Waals surface area contributed by atoms with Crippen LogP contribution in [0.5, 0.6) is 0 Å². The van der Waals surface area contributed by atoms with E-state index in [2.05, 4.69) is 5.32 Å². The lowest BCUT2D eigenvalue weighted by Gasteiger charge is -2.20. The molecule has 98 valence electrons. The van der Waals surface area contributed by atoms with E-state index in [1.165, 1.54) is 31.0 Å². The van der Waals surface area contributed by atoms with E-state index in [0.29, 0.717) is 5.92 Å². The van der Waals surface area contributed by atoms with Gasteiger partial charge in [0.05, 0.1) is 0 Å². The molecule has 1 fully saturated rings. The molecule has 18 heavy (non-hydrogen) atoms. The van der Waals surface area contributed by atoms with Crippen molar-refractivity contribution in [2.75, 3.05) is 5.73 Å². The molecule has 1 aliphatic carbocycles. The highest BCUT2D eigenvalue weighted by atomic mass is 19.1. The van der Waals surface area contributed by atoms with Crippen LogP contribution >= 0.6 is 0 Å². The molecule has 3 N–H and O–H groups in total. The lowest BCUT2D eigenvalue weighted by atomic mass is 9.99. The summed E-state index contributed by atoms with van der Waals surface area (Å²) >= 11 is 0. The highest BCUT2D eigenvalue weighted by molar-refractivity contribution is 5.95. The van der Waals surface area contributed by atoms with Crippen molar-refractivity contribution in [2.24, 2.45) is 5.92 Å². The summed E-state index contributed by atoms with van der Waals surface area (Å²) in [6, 6.07) is 4.05. The fourth-order valence-corrected chi connectivity index (χ4v) is 2.61. The number of carbonyl (C=O) groups excluding carboxylic acids is 1. The molecule has 1 atom stereocenters. The van der Waals surface area contributed by atoms with Gasteiger partial charge in [0.25, 0.3) is 5.91 Å². The number of rotatable bonds is 3. The normalized spacial score (nSPS) is 17.7. The maximum Gasteiger partial charge on any atom is 0.251 e. The maximum absolute atomic E-state index is 13.2. The predicted molar refractivity (Wildman–Crippen MR) is 69.7 cm³/mol. The van der Waals surface area contributed by atoms with Crippen molar-refractivity contribution in [2.45, 2.75) is 38.6 Å². The van der Waals surface area contributed by atoms with Crippen molar-refractivity contribution in [1.82, 2.24) is 5.32 Å². The first-order valence-corrected chi connectivity index (χ1v) is 6.43. The van der Waals surface area contributed by atoms with E-state index in [9.17, 15) is 9.18 Å². The zero-order valence-corrected chi connectivity index (χ0v) is 10.6. The van der Waals surface area contributed by atoms with Crippen molar-refractivity contribution in [1.29, 1.82) is 0 Å². The molecular formula is C14H19FN2O. The zero-order valence-electron chi connectivity index (χ0n) is 10.6. The van der Waals surface area contributed by atoms with Crippen LogP contribution in [0.15, 0.2) is 18.2 Å². The summed E-state index contributed by atoms with van der Waals surface area (Å²) in [5.74, 6) is -0.186. The largest absolute Gasteiger partial charge is 0.399 e. The van der Waals surface area contributed by atoms with Gasteiger partial charge in [-0.1, -0.05) is 12.8 Å². The van der Waals surface area contributed by atoms with Crippen LogP contribution in [-0.2, 0) is 0 Å². The Morgan fingerprint density at radius 2 is 2.06 bits per heavy atom. The van der Waals surface area contributed by atoms with Gasteiger partial charge in [-0.25, -0.2) is 4.39 Å². The van der Waals surface area contributed by atoms with Crippen molar-refractivity contribution < 1.29 is 9.18 Å². The number of hydrogen-bond donors (Lipinski definition) is 2. The van der Waals surface area contributed by atoms with Crippen LogP contribution in [0.2, 0.25) is 0 Å². The van der Waals surface area contributed by atoms with Crippen LogP contribution in [0.25, 0.3) is 0 Å². The van der Waals surface area contributed by atoms with Crippen LogP contribution < -0.4 is 11.1 Å². The van der Waals surface area contributed by atoms with Gasteiger partial charge >= 0.3 is 0 Å².